The number of nitrogens with one attached hydrogen (secondary N) is 1. The number of aliphatic imine (C=N–C) groups is 1. The van der Waals surface area contributed by atoms with Crippen molar-refractivity contribution in [2.24, 2.45) is 10.9 Å². The summed E-state index contributed by atoms with van der Waals surface area (Å²) in [6.07, 6.45) is 3.75. The highest BCUT2D eigenvalue weighted by Crippen LogP contribution is 2.20. The van der Waals surface area contributed by atoms with Crippen LogP contribution in [0.4, 0.5) is 4.79 Å². The van der Waals surface area contributed by atoms with Gasteiger partial charge in [0.1, 0.15) is 5.60 Å². The Balaban J connectivity index is 1.50. The van der Waals surface area contributed by atoms with Crippen LogP contribution in [-0.2, 0) is 11.3 Å². The van der Waals surface area contributed by atoms with Crippen molar-refractivity contribution in [1.29, 1.82) is 0 Å². The molecule has 170 valence electrons. The van der Waals surface area contributed by atoms with E-state index in [0.29, 0.717) is 19.0 Å². The Morgan fingerprint density at radius 3 is 2.68 bits per heavy atom. The molecule has 1 saturated heterocycles. The fourth-order valence-corrected chi connectivity index (χ4v) is 3.80. The highest BCUT2D eigenvalue weighted by atomic mass is 16.6. The van der Waals surface area contributed by atoms with Crippen LogP contribution in [0.2, 0.25) is 0 Å². The van der Waals surface area contributed by atoms with Gasteiger partial charge in [0.05, 0.1) is 6.54 Å². The first-order chi connectivity index (χ1) is 14.8. The van der Waals surface area contributed by atoms with Crippen LogP contribution >= 0.6 is 0 Å². The zero-order chi connectivity index (χ0) is 22.4. The van der Waals surface area contributed by atoms with Gasteiger partial charge in [-0.25, -0.2) is 4.79 Å². The fraction of sp³-hybridized carbons (Fsp3) is 0.636. The van der Waals surface area contributed by atoms with E-state index in [9.17, 15) is 4.79 Å². The van der Waals surface area contributed by atoms with Crippen LogP contribution in [0.3, 0.4) is 0 Å². The lowest BCUT2D eigenvalue weighted by molar-refractivity contribution is 0.0214. The van der Waals surface area contributed by atoms with E-state index in [-0.39, 0.29) is 6.09 Å². The lowest BCUT2D eigenvalue weighted by Gasteiger charge is -2.36. The summed E-state index contributed by atoms with van der Waals surface area (Å²) in [5, 5.41) is 11.9. The number of pyridine rings is 1. The molecule has 1 amide bonds. The van der Waals surface area contributed by atoms with E-state index in [1.165, 1.54) is 0 Å². The van der Waals surface area contributed by atoms with Crippen LogP contribution in [-0.4, -0.2) is 75.3 Å². The number of hydrogen-bond donors (Lipinski definition) is 1. The largest absolute Gasteiger partial charge is 0.444 e. The van der Waals surface area contributed by atoms with E-state index in [1.54, 1.807) is 7.05 Å². The third kappa shape index (κ3) is 6.08. The molecule has 0 saturated carbocycles. The summed E-state index contributed by atoms with van der Waals surface area (Å²) in [7, 11) is 1.80. The number of piperidine rings is 1. The molecule has 1 aliphatic heterocycles. The average Bonchev–Trinajstić information content (AvgIpc) is 3.15. The molecule has 0 radical (unpaired) electrons. The van der Waals surface area contributed by atoms with Gasteiger partial charge in [0.25, 0.3) is 0 Å². The molecule has 9 heteroatoms. The predicted molar refractivity (Wildman–Crippen MR) is 121 cm³/mol. The second-order valence-electron chi connectivity index (χ2n) is 8.90. The molecular formula is C22H35N7O2. The van der Waals surface area contributed by atoms with Crippen molar-refractivity contribution in [2.75, 3.05) is 33.2 Å². The van der Waals surface area contributed by atoms with Gasteiger partial charge in [-0.1, -0.05) is 6.07 Å². The third-order valence-corrected chi connectivity index (χ3v) is 5.43. The van der Waals surface area contributed by atoms with E-state index in [0.717, 1.165) is 49.9 Å². The molecule has 2 aromatic heterocycles. The van der Waals surface area contributed by atoms with Crippen molar-refractivity contribution < 1.29 is 9.53 Å². The first-order valence-electron chi connectivity index (χ1n) is 11.0. The highest BCUT2D eigenvalue weighted by molar-refractivity contribution is 5.79. The molecule has 0 atom stereocenters. The average molecular weight is 430 g/mol. The van der Waals surface area contributed by atoms with E-state index < -0.39 is 5.60 Å². The second-order valence-corrected chi connectivity index (χ2v) is 8.90. The number of carbonyl (C=O) groups is 1. The summed E-state index contributed by atoms with van der Waals surface area (Å²) in [5.74, 6) is 2.18. The Labute approximate surface area is 184 Å². The molecule has 3 rings (SSSR count). The summed E-state index contributed by atoms with van der Waals surface area (Å²) < 4.78 is 7.52. The number of guanidine groups is 1. The Kier molecular flexibility index (Phi) is 7.35. The van der Waals surface area contributed by atoms with E-state index >= 15 is 0 Å². The van der Waals surface area contributed by atoms with Gasteiger partial charge in [-0.05, 0) is 58.6 Å². The number of carbonyl (C=O) groups excluding carboxylic acids is 1. The Bertz CT molecular complexity index is 895. The number of amides is 1. The van der Waals surface area contributed by atoms with Crippen LogP contribution in [0.25, 0.3) is 5.65 Å². The van der Waals surface area contributed by atoms with Gasteiger partial charge in [0.2, 0.25) is 0 Å². The third-order valence-electron chi connectivity index (χ3n) is 5.43. The maximum atomic E-state index is 12.4. The zero-order valence-corrected chi connectivity index (χ0v) is 19.3. The summed E-state index contributed by atoms with van der Waals surface area (Å²) in [4.78, 5) is 21.0. The van der Waals surface area contributed by atoms with E-state index in [4.69, 9.17) is 4.74 Å². The van der Waals surface area contributed by atoms with Crippen molar-refractivity contribution in [1.82, 2.24) is 29.7 Å². The number of hydrogen-bond acceptors (Lipinski definition) is 5. The lowest BCUT2D eigenvalue weighted by atomic mass is 9.96. The van der Waals surface area contributed by atoms with Crippen molar-refractivity contribution in [3.8, 4) is 0 Å². The summed E-state index contributed by atoms with van der Waals surface area (Å²) in [6, 6.07) is 5.86. The molecule has 9 nitrogen and oxygen atoms in total. The van der Waals surface area contributed by atoms with Crippen molar-refractivity contribution in [2.45, 2.75) is 52.7 Å². The first-order valence-corrected chi connectivity index (χ1v) is 11.0. The number of nitrogens with zero attached hydrogens (tertiary/aromatic N) is 6. The molecule has 1 fully saturated rings. The molecule has 0 aromatic carbocycles. The number of rotatable bonds is 5. The summed E-state index contributed by atoms with van der Waals surface area (Å²) in [6.45, 7) is 11.4. The predicted octanol–water partition coefficient (Wildman–Crippen LogP) is 2.77. The topological polar surface area (TPSA) is 87.4 Å². The maximum Gasteiger partial charge on any atom is 0.410 e. The van der Waals surface area contributed by atoms with Crippen molar-refractivity contribution in [3.05, 3.63) is 30.2 Å². The Morgan fingerprint density at radius 2 is 2.03 bits per heavy atom. The van der Waals surface area contributed by atoms with Gasteiger partial charge in [-0.2, -0.15) is 0 Å². The number of aromatic nitrogens is 3. The molecule has 1 aliphatic rings. The van der Waals surface area contributed by atoms with Gasteiger partial charge >= 0.3 is 6.09 Å². The van der Waals surface area contributed by atoms with Crippen LogP contribution in [0.1, 0.15) is 46.4 Å². The van der Waals surface area contributed by atoms with Crippen LogP contribution < -0.4 is 5.32 Å². The summed E-state index contributed by atoms with van der Waals surface area (Å²) in [5.41, 5.74) is 0.363. The first kappa shape index (κ1) is 22.8. The van der Waals surface area contributed by atoms with Gasteiger partial charge in [0.15, 0.2) is 17.4 Å². The zero-order valence-electron chi connectivity index (χ0n) is 19.3. The van der Waals surface area contributed by atoms with Gasteiger partial charge in [0, 0.05) is 39.4 Å². The molecule has 0 spiro atoms. The maximum absolute atomic E-state index is 12.4. The van der Waals surface area contributed by atoms with E-state index in [2.05, 4.69) is 25.4 Å². The number of fused-ring (bicyclic) bond motifs is 1. The minimum Gasteiger partial charge on any atom is -0.444 e. The normalized spacial score (nSPS) is 15.9. The van der Waals surface area contributed by atoms with Crippen molar-refractivity contribution in [3.63, 3.8) is 0 Å². The lowest BCUT2D eigenvalue weighted by Crippen LogP contribution is -2.47. The molecule has 0 aliphatic carbocycles. The van der Waals surface area contributed by atoms with Crippen LogP contribution in [0.5, 0.6) is 0 Å². The van der Waals surface area contributed by atoms with Gasteiger partial charge in [-0.15, -0.1) is 10.2 Å². The SMILES string of the molecule is CCN(CC1CCN(C(=NC)NCc2nnc3ccccn23)CC1)C(=O)OC(C)(C)C. The molecule has 31 heavy (non-hydrogen) atoms. The van der Waals surface area contributed by atoms with Crippen LogP contribution in [0.15, 0.2) is 29.4 Å². The monoisotopic (exact) mass is 429 g/mol. The van der Waals surface area contributed by atoms with Gasteiger partial charge < -0.3 is 19.9 Å². The minimum absolute atomic E-state index is 0.226. The number of likely N-dealkylation sites (tertiary alicyclic amines) is 1. The second kappa shape index (κ2) is 9.98. The molecule has 2 aromatic rings. The fourth-order valence-electron chi connectivity index (χ4n) is 3.80. The quantitative estimate of drug-likeness (QED) is 0.581. The molecule has 0 bridgehead atoms. The summed E-state index contributed by atoms with van der Waals surface area (Å²) >= 11 is 0. The molecule has 0 unspecified atom stereocenters. The smallest absolute Gasteiger partial charge is 0.410 e. The minimum atomic E-state index is -0.471. The molecule has 1 N–H and O–H groups in total. The van der Waals surface area contributed by atoms with Crippen molar-refractivity contribution >= 4 is 17.7 Å². The van der Waals surface area contributed by atoms with Gasteiger partial charge in [-0.3, -0.25) is 9.39 Å². The molecule has 3 heterocycles. The Morgan fingerprint density at radius 1 is 1.29 bits per heavy atom. The standard InChI is InChI=1S/C22H35N7O2/c1-6-27(21(30)31-22(2,3)4)16-17-10-13-28(14-11-17)20(23-5)24-15-19-26-25-18-9-7-8-12-29(18)19/h7-9,12,17H,6,10-11,13-16H2,1-5H3,(H,23,24). The number of ether oxygens (including phenoxy) is 1. The Hall–Kier alpha value is -2.84. The van der Waals surface area contributed by atoms with E-state index in [1.807, 2.05) is 61.4 Å². The van der Waals surface area contributed by atoms with Crippen LogP contribution in [0, 0.1) is 5.92 Å². The molecular weight excluding hydrogens is 394 g/mol. The highest BCUT2D eigenvalue weighted by Gasteiger charge is 2.27.